The maximum absolute atomic E-state index is 12.5. The molecule has 1 aliphatic heterocycles. The van der Waals surface area contributed by atoms with Crippen LogP contribution in [-0.4, -0.2) is 56.7 Å². The maximum atomic E-state index is 12.5. The zero-order valence-electron chi connectivity index (χ0n) is 18.1. The minimum absolute atomic E-state index is 0.0265. The number of benzene rings is 1. The van der Waals surface area contributed by atoms with Crippen LogP contribution in [0.3, 0.4) is 0 Å². The molecule has 1 saturated heterocycles. The molecule has 0 spiro atoms. The number of ether oxygens (including phenoxy) is 6. The van der Waals surface area contributed by atoms with E-state index in [0.29, 0.717) is 17.7 Å². The summed E-state index contributed by atoms with van der Waals surface area (Å²) in [7, 11) is 1.54. The highest BCUT2D eigenvalue weighted by atomic mass is 16.7. The number of hydrogen-bond donors (Lipinski definition) is 0. The molecule has 0 amide bonds. The van der Waals surface area contributed by atoms with Gasteiger partial charge in [-0.15, -0.1) is 0 Å². The fourth-order valence-electron chi connectivity index (χ4n) is 3.02. The zero-order chi connectivity index (χ0) is 22.8. The third kappa shape index (κ3) is 8.29. The van der Waals surface area contributed by atoms with E-state index in [4.69, 9.17) is 28.4 Å². The van der Waals surface area contributed by atoms with E-state index < -0.39 is 36.4 Å². The monoisotopic (exact) mass is 436 g/mol. The highest BCUT2D eigenvalue weighted by Crippen LogP contribution is 2.26. The van der Waals surface area contributed by atoms with Crippen LogP contribution >= 0.6 is 0 Å². The number of methoxy groups -OCH3 is 1. The van der Waals surface area contributed by atoms with E-state index in [9.17, 15) is 14.4 Å². The molecule has 1 heterocycles. The first-order valence-corrected chi connectivity index (χ1v) is 9.96. The summed E-state index contributed by atoms with van der Waals surface area (Å²) in [6, 6.07) is 7.06. The van der Waals surface area contributed by atoms with E-state index in [2.05, 4.69) is 0 Å². The van der Waals surface area contributed by atoms with Crippen molar-refractivity contribution in [3.05, 3.63) is 35.6 Å². The van der Waals surface area contributed by atoms with Crippen molar-refractivity contribution in [2.75, 3.05) is 20.3 Å². The topological polar surface area (TPSA) is 107 Å². The predicted octanol–water partition coefficient (Wildman–Crippen LogP) is 2.62. The Morgan fingerprint density at radius 1 is 1.10 bits per heavy atom. The van der Waals surface area contributed by atoms with Gasteiger partial charge in [-0.3, -0.25) is 9.59 Å². The molecular weight excluding hydrogens is 408 g/mol. The lowest BCUT2D eigenvalue weighted by molar-refractivity contribution is -0.218. The second-order valence-corrected chi connectivity index (χ2v) is 6.82. The van der Waals surface area contributed by atoms with E-state index in [-0.39, 0.29) is 25.4 Å². The molecule has 170 valence electrons. The molecule has 0 N–H and O–H groups in total. The molecule has 3 atom stereocenters. The molecule has 2 rings (SSSR count). The van der Waals surface area contributed by atoms with Crippen molar-refractivity contribution in [1.82, 2.24) is 0 Å². The van der Waals surface area contributed by atoms with E-state index in [1.807, 2.05) is 0 Å². The Balaban J connectivity index is 2.22. The molecule has 0 aliphatic carbocycles. The van der Waals surface area contributed by atoms with Crippen molar-refractivity contribution in [1.29, 1.82) is 0 Å². The SMILES string of the molecule is CCOC(=O)/C(=C/c1cccc(OC)c1)OC1CC(OC(C)=O)CC(COC(C)=O)O1. The summed E-state index contributed by atoms with van der Waals surface area (Å²) in [5.41, 5.74) is 0.659. The minimum atomic E-state index is -0.917. The summed E-state index contributed by atoms with van der Waals surface area (Å²) >= 11 is 0. The quantitative estimate of drug-likeness (QED) is 0.250. The molecular formula is C22H28O9. The highest BCUT2D eigenvalue weighted by molar-refractivity contribution is 5.91. The van der Waals surface area contributed by atoms with Gasteiger partial charge in [0.25, 0.3) is 0 Å². The molecule has 31 heavy (non-hydrogen) atoms. The van der Waals surface area contributed by atoms with Crippen molar-refractivity contribution in [2.24, 2.45) is 0 Å². The molecule has 1 aromatic rings. The Hall–Kier alpha value is -3.07. The summed E-state index contributed by atoms with van der Waals surface area (Å²) in [4.78, 5) is 35.0. The maximum Gasteiger partial charge on any atom is 0.373 e. The predicted molar refractivity (Wildman–Crippen MR) is 109 cm³/mol. The second-order valence-electron chi connectivity index (χ2n) is 6.82. The molecule has 0 saturated carbocycles. The van der Waals surface area contributed by atoms with Crippen LogP contribution in [0, 0.1) is 0 Å². The van der Waals surface area contributed by atoms with E-state index in [1.54, 1.807) is 38.3 Å². The standard InChI is InChI=1S/C22H28O9/c1-5-27-22(25)20(10-16-7-6-8-17(9-16)26-4)31-21-12-18(29-15(3)24)11-19(30-21)13-28-14(2)23/h6-10,18-19,21H,5,11-13H2,1-4H3/b20-10-. The summed E-state index contributed by atoms with van der Waals surface area (Å²) in [6.45, 7) is 4.41. The molecule has 9 nitrogen and oxygen atoms in total. The molecule has 1 fully saturated rings. The molecule has 1 aromatic carbocycles. The number of esters is 3. The van der Waals surface area contributed by atoms with Crippen LogP contribution in [0.4, 0.5) is 0 Å². The van der Waals surface area contributed by atoms with Crippen molar-refractivity contribution >= 4 is 24.0 Å². The van der Waals surface area contributed by atoms with Crippen LogP contribution in [0.5, 0.6) is 5.75 Å². The summed E-state index contributed by atoms with van der Waals surface area (Å²) < 4.78 is 32.3. The summed E-state index contributed by atoms with van der Waals surface area (Å²) in [5, 5.41) is 0. The number of carbonyl (C=O) groups is 3. The average molecular weight is 436 g/mol. The van der Waals surface area contributed by atoms with Gasteiger partial charge in [-0.1, -0.05) is 12.1 Å². The first-order chi connectivity index (χ1) is 14.8. The molecule has 1 aliphatic rings. The normalized spacial score (nSPS) is 21.0. The number of carbonyl (C=O) groups excluding carboxylic acids is 3. The fraction of sp³-hybridized carbons (Fsp3) is 0.500. The van der Waals surface area contributed by atoms with Crippen LogP contribution in [0.1, 0.15) is 39.2 Å². The first kappa shape index (κ1) is 24.2. The van der Waals surface area contributed by atoms with Crippen molar-refractivity contribution in [3.8, 4) is 5.75 Å². The Labute approximate surface area is 181 Å². The van der Waals surface area contributed by atoms with Gasteiger partial charge in [-0.2, -0.15) is 0 Å². The van der Waals surface area contributed by atoms with Crippen LogP contribution in [0.25, 0.3) is 6.08 Å². The van der Waals surface area contributed by atoms with Gasteiger partial charge in [0.2, 0.25) is 12.0 Å². The lowest BCUT2D eigenvalue weighted by Gasteiger charge is -2.34. The Bertz CT molecular complexity index is 802. The average Bonchev–Trinajstić information content (AvgIpc) is 2.71. The van der Waals surface area contributed by atoms with E-state index in [0.717, 1.165) is 0 Å². The fourth-order valence-corrected chi connectivity index (χ4v) is 3.02. The second kappa shape index (κ2) is 11.9. The molecule has 0 aromatic heterocycles. The third-order valence-electron chi connectivity index (χ3n) is 4.26. The Kier molecular flexibility index (Phi) is 9.33. The van der Waals surface area contributed by atoms with E-state index in [1.165, 1.54) is 19.9 Å². The van der Waals surface area contributed by atoms with Crippen LogP contribution in [0.2, 0.25) is 0 Å². The lowest BCUT2D eigenvalue weighted by atomic mass is 10.1. The van der Waals surface area contributed by atoms with Gasteiger partial charge in [0.1, 0.15) is 18.5 Å². The van der Waals surface area contributed by atoms with Gasteiger partial charge in [-0.05, 0) is 30.7 Å². The van der Waals surface area contributed by atoms with Crippen molar-refractivity contribution in [2.45, 2.75) is 52.1 Å². The zero-order valence-corrected chi connectivity index (χ0v) is 18.1. The highest BCUT2D eigenvalue weighted by Gasteiger charge is 2.34. The van der Waals surface area contributed by atoms with Gasteiger partial charge < -0.3 is 28.4 Å². The van der Waals surface area contributed by atoms with Gasteiger partial charge in [0, 0.05) is 26.7 Å². The van der Waals surface area contributed by atoms with Crippen LogP contribution in [0.15, 0.2) is 30.0 Å². The van der Waals surface area contributed by atoms with Crippen LogP contribution < -0.4 is 4.74 Å². The first-order valence-electron chi connectivity index (χ1n) is 9.96. The largest absolute Gasteiger partial charge is 0.497 e. The summed E-state index contributed by atoms with van der Waals surface area (Å²) in [6.07, 6.45) is 0.0520. The Morgan fingerprint density at radius 3 is 2.52 bits per heavy atom. The van der Waals surface area contributed by atoms with Crippen molar-refractivity contribution < 1.29 is 42.8 Å². The third-order valence-corrected chi connectivity index (χ3v) is 4.26. The van der Waals surface area contributed by atoms with Gasteiger partial charge in [0.05, 0.1) is 19.8 Å². The molecule has 0 bridgehead atoms. The number of rotatable bonds is 9. The van der Waals surface area contributed by atoms with Crippen LogP contribution in [-0.2, 0) is 38.1 Å². The molecule has 9 heteroatoms. The van der Waals surface area contributed by atoms with E-state index >= 15 is 0 Å². The van der Waals surface area contributed by atoms with Gasteiger partial charge in [-0.25, -0.2) is 4.79 Å². The minimum Gasteiger partial charge on any atom is -0.497 e. The smallest absolute Gasteiger partial charge is 0.373 e. The number of hydrogen-bond acceptors (Lipinski definition) is 9. The molecule has 0 radical (unpaired) electrons. The van der Waals surface area contributed by atoms with Gasteiger partial charge >= 0.3 is 17.9 Å². The van der Waals surface area contributed by atoms with Gasteiger partial charge in [0.15, 0.2) is 0 Å². The summed E-state index contributed by atoms with van der Waals surface area (Å²) in [5.74, 6) is -1.03. The Morgan fingerprint density at radius 2 is 1.87 bits per heavy atom. The lowest BCUT2D eigenvalue weighted by Crippen LogP contribution is -2.41. The van der Waals surface area contributed by atoms with Crippen molar-refractivity contribution in [3.63, 3.8) is 0 Å². The molecule has 3 unspecified atom stereocenters.